The van der Waals surface area contributed by atoms with E-state index in [4.69, 9.17) is 0 Å². The largest absolute Gasteiger partial charge is 0.353 e. The van der Waals surface area contributed by atoms with E-state index in [0.29, 0.717) is 12.1 Å². The van der Waals surface area contributed by atoms with E-state index >= 15 is 0 Å². The molecule has 0 spiro atoms. The number of benzene rings is 1. The second kappa shape index (κ2) is 9.22. The number of rotatable bonds is 5. The minimum atomic E-state index is -0.0833. The quantitative estimate of drug-likeness (QED) is 0.218. The lowest BCUT2D eigenvalue weighted by Gasteiger charge is -2.17. The molecule has 7 nitrogen and oxygen atoms in total. The van der Waals surface area contributed by atoms with Gasteiger partial charge in [0.05, 0.1) is 33.7 Å². The molecule has 0 aliphatic heterocycles. The number of carbonyl (C=O) groups is 1. The van der Waals surface area contributed by atoms with Crippen LogP contribution in [0.5, 0.6) is 0 Å². The zero-order valence-electron chi connectivity index (χ0n) is 21.7. The number of nitrogens with zero attached hydrogens (tertiary/aromatic N) is 3. The first-order valence-electron chi connectivity index (χ1n) is 12.5. The number of pyridine rings is 2. The molecule has 8 heteroatoms. The molecule has 1 amide bonds. The molecule has 190 valence electrons. The minimum Gasteiger partial charge on any atom is -0.353 e. The molecule has 6 rings (SSSR count). The third kappa shape index (κ3) is 4.70. The number of thiophene rings is 1. The molecule has 0 unspecified atom stereocenters. The Balaban J connectivity index is 1.36. The van der Waals surface area contributed by atoms with Gasteiger partial charge >= 0.3 is 0 Å². The summed E-state index contributed by atoms with van der Waals surface area (Å²) in [5, 5.41) is 12.9. The predicted octanol–water partition coefficient (Wildman–Crippen LogP) is 7.58. The number of fused-ring (bicyclic) bond motifs is 2. The summed E-state index contributed by atoms with van der Waals surface area (Å²) in [7, 11) is 0. The molecule has 6 aromatic rings. The van der Waals surface area contributed by atoms with Gasteiger partial charge in [0, 0.05) is 45.5 Å². The highest BCUT2D eigenvalue weighted by Crippen LogP contribution is 2.36. The first kappa shape index (κ1) is 24.1. The average molecular weight is 521 g/mol. The summed E-state index contributed by atoms with van der Waals surface area (Å²) in [6, 6.07) is 16.5. The fraction of sp³-hybridized carbons (Fsp3) is 0.200. The molecule has 0 saturated heterocycles. The molecule has 1 aromatic carbocycles. The number of carbonyl (C=O) groups excluding carboxylic acids is 1. The highest BCUT2D eigenvalue weighted by atomic mass is 32.1. The zero-order valence-corrected chi connectivity index (χ0v) is 22.5. The van der Waals surface area contributed by atoms with E-state index in [0.717, 1.165) is 54.9 Å². The summed E-state index contributed by atoms with van der Waals surface area (Å²) in [4.78, 5) is 27.4. The van der Waals surface area contributed by atoms with Crippen LogP contribution in [0.4, 0.5) is 5.69 Å². The molecule has 38 heavy (non-hydrogen) atoms. The molecule has 0 atom stereocenters. The first-order valence-corrected chi connectivity index (χ1v) is 13.3. The van der Waals surface area contributed by atoms with Crippen LogP contribution in [0.1, 0.15) is 32.1 Å². The van der Waals surface area contributed by atoms with Crippen molar-refractivity contribution in [3.8, 4) is 33.1 Å². The number of H-pyrrole nitrogens is 2. The van der Waals surface area contributed by atoms with Gasteiger partial charge in [-0.2, -0.15) is 5.10 Å². The van der Waals surface area contributed by atoms with Crippen molar-refractivity contribution in [1.29, 1.82) is 0 Å². The van der Waals surface area contributed by atoms with E-state index in [1.807, 2.05) is 57.4 Å². The molecular weight excluding hydrogens is 492 g/mol. The fourth-order valence-electron chi connectivity index (χ4n) is 4.69. The molecule has 0 fully saturated rings. The normalized spacial score (nSPS) is 11.9. The predicted molar refractivity (Wildman–Crippen MR) is 155 cm³/mol. The van der Waals surface area contributed by atoms with Gasteiger partial charge in [0.2, 0.25) is 5.91 Å². The van der Waals surface area contributed by atoms with Crippen molar-refractivity contribution >= 4 is 44.7 Å². The Morgan fingerprint density at radius 2 is 1.79 bits per heavy atom. The van der Waals surface area contributed by atoms with Crippen molar-refractivity contribution in [2.75, 3.05) is 5.32 Å². The Labute approximate surface area is 224 Å². The summed E-state index contributed by atoms with van der Waals surface area (Å²) in [5.74, 6) is -0.0191. The van der Waals surface area contributed by atoms with Gasteiger partial charge in [-0.05, 0) is 60.4 Å². The molecule has 0 aliphatic rings. The van der Waals surface area contributed by atoms with Crippen LogP contribution in [0.3, 0.4) is 0 Å². The number of anilines is 1. The Kier molecular flexibility index (Phi) is 5.84. The Bertz CT molecular complexity index is 1800. The van der Waals surface area contributed by atoms with Gasteiger partial charge in [0.15, 0.2) is 0 Å². The van der Waals surface area contributed by atoms with E-state index in [-0.39, 0.29) is 11.3 Å². The van der Waals surface area contributed by atoms with Gasteiger partial charge < -0.3 is 10.3 Å². The lowest BCUT2D eigenvalue weighted by Crippen LogP contribution is -2.19. The van der Waals surface area contributed by atoms with Gasteiger partial charge in [-0.3, -0.25) is 19.9 Å². The maximum atomic E-state index is 12.4. The summed E-state index contributed by atoms with van der Waals surface area (Å²) in [6.45, 7) is 8.25. The lowest BCUT2D eigenvalue weighted by atomic mass is 9.92. The van der Waals surface area contributed by atoms with Gasteiger partial charge in [-0.1, -0.05) is 26.8 Å². The van der Waals surface area contributed by atoms with Crippen LogP contribution in [0, 0.1) is 12.3 Å². The van der Waals surface area contributed by atoms with Crippen molar-refractivity contribution in [3.63, 3.8) is 0 Å². The molecule has 5 aromatic heterocycles. The van der Waals surface area contributed by atoms with Crippen LogP contribution < -0.4 is 5.32 Å². The average Bonchev–Trinajstić information content (AvgIpc) is 3.60. The maximum Gasteiger partial charge on any atom is 0.224 e. The lowest BCUT2D eigenvalue weighted by molar-refractivity contribution is -0.117. The molecular formula is C30H28N6OS. The molecule has 3 N–H and O–H groups in total. The second-order valence-electron chi connectivity index (χ2n) is 10.8. The fourth-order valence-corrected chi connectivity index (χ4v) is 5.57. The number of nitrogens with one attached hydrogen (secondary N) is 3. The zero-order chi connectivity index (χ0) is 26.4. The second-order valence-corrected chi connectivity index (χ2v) is 12.1. The van der Waals surface area contributed by atoms with Gasteiger partial charge in [0.1, 0.15) is 5.69 Å². The SMILES string of the molecule is Cc1ccc(-c2nccc3[nH]c(-c4n[nH]c5ccc(-c6cncc(NC(=O)CC(C)(C)C)c6)cc45)cc23)s1. The standard InChI is InChI=1S/C30H28N6OS/c1-17-5-8-26(38-17)29-22-13-25(34-23(22)9-10-32-29)28-21-12-18(6-7-24(21)35-36-28)19-11-20(16-31-15-19)33-27(37)14-30(2,3)4/h5-13,15-16,34H,14H2,1-4H3,(H,33,37)(H,35,36). The molecule has 0 radical (unpaired) electrons. The van der Waals surface area contributed by atoms with Gasteiger partial charge in [0.25, 0.3) is 0 Å². The highest BCUT2D eigenvalue weighted by molar-refractivity contribution is 7.15. The number of aromatic nitrogens is 5. The van der Waals surface area contributed by atoms with E-state index in [1.54, 1.807) is 17.5 Å². The molecule has 0 saturated carbocycles. The third-order valence-electron chi connectivity index (χ3n) is 6.39. The number of hydrogen-bond donors (Lipinski definition) is 3. The summed E-state index contributed by atoms with van der Waals surface area (Å²) in [6.07, 6.45) is 5.77. The third-order valence-corrected chi connectivity index (χ3v) is 7.39. The maximum absolute atomic E-state index is 12.4. The first-order chi connectivity index (χ1) is 18.2. The highest BCUT2D eigenvalue weighted by Gasteiger charge is 2.17. The van der Waals surface area contributed by atoms with E-state index < -0.39 is 0 Å². The molecule has 5 heterocycles. The van der Waals surface area contributed by atoms with E-state index in [9.17, 15) is 4.79 Å². The van der Waals surface area contributed by atoms with Crippen LogP contribution in [-0.2, 0) is 4.79 Å². The molecule has 0 bridgehead atoms. The van der Waals surface area contributed by atoms with Crippen LogP contribution in [0.2, 0.25) is 0 Å². The molecule has 0 aliphatic carbocycles. The topological polar surface area (TPSA) is 99.3 Å². The smallest absolute Gasteiger partial charge is 0.224 e. The summed E-state index contributed by atoms with van der Waals surface area (Å²) >= 11 is 1.74. The van der Waals surface area contributed by atoms with Crippen molar-refractivity contribution in [3.05, 3.63) is 72.0 Å². The number of aryl methyl sites for hydroxylation is 1. The Morgan fingerprint density at radius 1 is 0.947 bits per heavy atom. The number of amides is 1. The summed E-state index contributed by atoms with van der Waals surface area (Å²) in [5.41, 5.74) is 7.21. The number of aromatic amines is 2. The Morgan fingerprint density at radius 3 is 2.58 bits per heavy atom. The summed E-state index contributed by atoms with van der Waals surface area (Å²) < 4.78 is 0. The van der Waals surface area contributed by atoms with Crippen LogP contribution >= 0.6 is 11.3 Å². The van der Waals surface area contributed by atoms with Crippen molar-refractivity contribution in [1.82, 2.24) is 25.1 Å². The van der Waals surface area contributed by atoms with Crippen molar-refractivity contribution < 1.29 is 4.79 Å². The monoisotopic (exact) mass is 520 g/mol. The number of hydrogen-bond acceptors (Lipinski definition) is 5. The minimum absolute atomic E-state index is 0.0191. The van der Waals surface area contributed by atoms with Gasteiger partial charge in [-0.25, -0.2) is 0 Å². The van der Waals surface area contributed by atoms with Crippen LogP contribution in [0.25, 0.3) is 54.9 Å². The van der Waals surface area contributed by atoms with Crippen molar-refractivity contribution in [2.24, 2.45) is 5.41 Å². The van der Waals surface area contributed by atoms with Gasteiger partial charge in [-0.15, -0.1) is 11.3 Å². The van der Waals surface area contributed by atoms with E-state index in [1.165, 1.54) is 4.88 Å². The van der Waals surface area contributed by atoms with Crippen LogP contribution in [0.15, 0.2) is 67.1 Å². The Hall–Kier alpha value is -4.30. The van der Waals surface area contributed by atoms with Crippen molar-refractivity contribution in [2.45, 2.75) is 34.1 Å². The van der Waals surface area contributed by atoms with E-state index in [2.05, 4.69) is 61.7 Å². The van der Waals surface area contributed by atoms with Crippen LogP contribution in [-0.4, -0.2) is 31.1 Å².